The quantitative estimate of drug-likeness (QED) is 0.913. The van der Waals surface area contributed by atoms with Crippen molar-refractivity contribution in [2.45, 2.75) is 51.2 Å². The summed E-state index contributed by atoms with van der Waals surface area (Å²) in [6, 6.07) is 6.11. The Kier molecular flexibility index (Phi) is 4.08. The molecule has 1 N–H and O–H groups in total. The maximum atomic E-state index is 12.5. The van der Waals surface area contributed by atoms with Crippen molar-refractivity contribution >= 4 is 6.09 Å². The van der Waals surface area contributed by atoms with Gasteiger partial charge in [0.2, 0.25) is 0 Å². The average molecular weight is 303 g/mol. The molecular weight excluding hydrogens is 278 g/mol. The molecule has 1 aromatic rings. The van der Waals surface area contributed by atoms with Gasteiger partial charge in [-0.25, -0.2) is 4.79 Å². The first-order valence-corrected chi connectivity index (χ1v) is 8.11. The minimum atomic E-state index is -0.476. The molecule has 2 heterocycles. The van der Waals surface area contributed by atoms with E-state index in [1.165, 1.54) is 12.8 Å². The maximum absolute atomic E-state index is 12.5. The molecule has 0 radical (unpaired) electrons. The van der Waals surface area contributed by atoms with Crippen molar-refractivity contribution in [2.75, 3.05) is 19.6 Å². The van der Waals surface area contributed by atoms with Crippen molar-refractivity contribution in [1.82, 2.24) is 15.2 Å². The topological polar surface area (TPSA) is 54.5 Å². The van der Waals surface area contributed by atoms with E-state index in [-0.39, 0.29) is 12.1 Å². The van der Waals surface area contributed by atoms with Crippen molar-refractivity contribution in [3.63, 3.8) is 0 Å². The fourth-order valence-corrected chi connectivity index (χ4v) is 2.77. The molecule has 0 aromatic carbocycles. The molecule has 1 aliphatic heterocycles. The number of pyridine rings is 1. The zero-order valence-electron chi connectivity index (χ0n) is 13.6. The number of rotatable bonds is 2. The van der Waals surface area contributed by atoms with Crippen LogP contribution in [0.4, 0.5) is 4.79 Å². The van der Waals surface area contributed by atoms with Crippen LogP contribution in [0.5, 0.6) is 0 Å². The standard InChI is InChI=1S/C17H25N3O2/c1-17(2,3)22-16(21)20-10-9-18-11-15(20)14-6-4-5-13(19-14)12-7-8-12/h4-6,12,15,18H,7-11H2,1-3H3. The van der Waals surface area contributed by atoms with E-state index in [0.29, 0.717) is 12.5 Å². The summed E-state index contributed by atoms with van der Waals surface area (Å²) < 4.78 is 5.55. The van der Waals surface area contributed by atoms with Crippen molar-refractivity contribution < 1.29 is 9.53 Å². The highest BCUT2D eigenvalue weighted by atomic mass is 16.6. The van der Waals surface area contributed by atoms with Crippen molar-refractivity contribution in [1.29, 1.82) is 0 Å². The molecule has 22 heavy (non-hydrogen) atoms. The molecular formula is C17H25N3O2. The Hall–Kier alpha value is -1.62. The van der Waals surface area contributed by atoms with Crippen LogP contribution < -0.4 is 5.32 Å². The van der Waals surface area contributed by atoms with Gasteiger partial charge in [-0.2, -0.15) is 0 Å². The fourth-order valence-electron chi connectivity index (χ4n) is 2.77. The second-order valence-corrected chi connectivity index (χ2v) is 7.16. The van der Waals surface area contributed by atoms with E-state index in [9.17, 15) is 4.79 Å². The van der Waals surface area contributed by atoms with E-state index in [0.717, 1.165) is 24.5 Å². The Bertz CT molecular complexity index is 549. The van der Waals surface area contributed by atoms with Gasteiger partial charge in [0.25, 0.3) is 0 Å². The second-order valence-electron chi connectivity index (χ2n) is 7.16. The maximum Gasteiger partial charge on any atom is 0.410 e. The Morgan fingerprint density at radius 1 is 1.32 bits per heavy atom. The fraction of sp³-hybridized carbons (Fsp3) is 0.647. The Morgan fingerprint density at radius 2 is 2.05 bits per heavy atom. The number of hydrogen-bond donors (Lipinski definition) is 1. The van der Waals surface area contributed by atoms with Gasteiger partial charge >= 0.3 is 6.09 Å². The lowest BCUT2D eigenvalue weighted by Crippen LogP contribution is -2.50. The van der Waals surface area contributed by atoms with Crippen LogP contribution >= 0.6 is 0 Å². The van der Waals surface area contributed by atoms with Crippen molar-refractivity contribution in [3.8, 4) is 0 Å². The average Bonchev–Trinajstić information content (AvgIpc) is 3.30. The molecule has 1 saturated heterocycles. The number of hydrogen-bond acceptors (Lipinski definition) is 4. The highest BCUT2D eigenvalue weighted by molar-refractivity contribution is 5.69. The highest BCUT2D eigenvalue weighted by Gasteiger charge is 2.33. The molecule has 2 fully saturated rings. The number of ether oxygens (including phenoxy) is 1. The van der Waals surface area contributed by atoms with E-state index in [2.05, 4.69) is 17.4 Å². The molecule has 120 valence electrons. The van der Waals surface area contributed by atoms with Gasteiger partial charge in [-0.3, -0.25) is 9.88 Å². The second kappa shape index (κ2) is 5.88. The summed E-state index contributed by atoms with van der Waals surface area (Å²) in [6.45, 7) is 7.85. The van der Waals surface area contributed by atoms with Gasteiger partial charge in [0, 0.05) is 31.2 Å². The highest BCUT2D eigenvalue weighted by Crippen LogP contribution is 2.39. The van der Waals surface area contributed by atoms with Gasteiger partial charge < -0.3 is 10.1 Å². The van der Waals surface area contributed by atoms with Gasteiger partial charge in [0.1, 0.15) is 5.60 Å². The molecule has 5 heteroatoms. The summed E-state index contributed by atoms with van der Waals surface area (Å²) in [6.07, 6.45) is 2.21. The molecule has 0 spiro atoms. The summed E-state index contributed by atoms with van der Waals surface area (Å²) in [5.41, 5.74) is 1.64. The van der Waals surface area contributed by atoms with Crippen molar-refractivity contribution in [2.24, 2.45) is 0 Å². The monoisotopic (exact) mass is 303 g/mol. The van der Waals surface area contributed by atoms with Gasteiger partial charge in [-0.05, 0) is 45.7 Å². The number of carbonyl (C=O) groups is 1. The largest absolute Gasteiger partial charge is 0.444 e. The van der Waals surface area contributed by atoms with Crippen LogP contribution in [0, 0.1) is 0 Å². The van der Waals surface area contributed by atoms with E-state index in [4.69, 9.17) is 9.72 Å². The first-order chi connectivity index (χ1) is 10.4. The Labute approximate surface area is 132 Å². The summed E-state index contributed by atoms with van der Waals surface area (Å²) in [5, 5.41) is 3.36. The third-order valence-electron chi connectivity index (χ3n) is 4.00. The van der Waals surface area contributed by atoms with Crippen LogP contribution in [-0.2, 0) is 4.74 Å². The molecule has 1 atom stereocenters. The molecule has 1 aliphatic carbocycles. The summed E-state index contributed by atoms with van der Waals surface area (Å²) >= 11 is 0. The summed E-state index contributed by atoms with van der Waals surface area (Å²) in [7, 11) is 0. The molecule has 1 aromatic heterocycles. The third-order valence-corrected chi connectivity index (χ3v) is 4.00. The molecule has 5 nitrogen and oxygen atoms in total. The first-order valence-electron chi connectivity index (χ1n) is 8.11. The number of nitrogens with one attached hydrogen (secondary N) is 1. The Morgan fingerprint density at radius 3 is 2.73 bits per heavy atom. The predicted octanol–water partition coefficient (Wildman–Crippen LogP) is 2.84. The van der Waals surface area contributed by atoms with Gasteiger partial charge in [-0.1, -0.05) is 6.07 Å². The molecule has 1 unspecified atom stereocenters. The van der Waals surface area contributed by atoms with Gasteiger partial charge in [0.05, 0.1) is 11.7 Å². The first kappa shape index (κ1) is 15.3. The van der Waals surface area contributed by atoms with Crippen LogP contribution in [0.2, 0.25) is 0 Å². The van der Waals surface area contributed by atoms with E-state index < -0.39 is 5.60 Å². The van der Waals surface area contributed by atoms with Crippen LogP contribution in [-0.4, -0.2) is 41.2 Å². The number of carbonyl (C=O) groups excluding carboxylic acids is 1. The summed E-state index contributed by atoms with van der Waals surface area (Å²) in [5.74, 6) is 0.617. The predicted molar refractivity (Wildman–Crippen MR) is 84.8 cm³/mol. The lowest BCUT2D eigenvalue weighted by molar-refractivity contribution is 0.0113. The van der Waals surface area contributed by atoms with Crippen LogP contribution in [0.3, 0.4) is 0 Å². The molecule has 1 saturated carbocycles. The van der Waals surface area contributed by atoms with E-state index in [1.54, 1.807) is 4.90 Å². The zero-order valence-corrected chi connectivity index (χ0v) is 13.6. The van der Waals surface area contributed by atoms with Gasteiger partial charge in [0.15, 0.2) is 0 Å². The smallest absolute Gasteiger partial charge is 0.410 e. The lowest BCUT2D eigenvalue weighted by atomic mass is 10.1. The minimum absolute atomic E-state index is 0.0534. The molecule has 0 bridgehead atoms. The van der Waals surface area contributed by atoms with Gasteiger partial charge in [-0.15, -0.1) is 0 Å². The molecule has 2 aliphatic rings. The lowest BCUT2D eigenvalue weighted by Gasteiger charge is -2.36. The van der Waals surface area contributed by atoms with Crippen molar-refractivity contribution in [3.05, 3.63) is 29.6 Å². The van der Waals surface area contributed by atoms with Crippen LogP contribution in [0.15, 0.2) is 18.2 Å². The third kappa shape index (κ3) is 3.58. The number of nitrogens with zero attached hydrogens (tertiary/aromatic N) is 2. The number of amides is 1. The van der Waals surface area contributed by atoms with E-state index in [1.807, 2.05) is 26.8 Å². The SMILES string of the molecule is CC(C)(C)OC(=O)N1CCNCC1c1cccc(C2CC2)n1. The molecule has 1 amide bonds. The van der Waals surface area contributed by atoms with Crippen LogP contribution in [0.1, 0.15) is 57.0 Å². The Balaban J connectivity index is 1.80. The number of aromatic nitrogens is 1. The molecule has 3 rings (SSSR count). The van der Waals surface area contributed by atoms with Crippen LogP contribution in [0.25, 0.3) is 0 Å². The zero-order chi connectivity index (χ0) is 15.7. The normalized spacial score (nSPS) is 22.5. The van der Waals surface area contributed by atoms with E-state index >= 15 is 0 Å². The minimum Gasteiger partial charge on any atom is -0.444 e. The summed E-state index contributed by atoms with van der Waals surface area (Å²) in [4.78, 5) is 19.1. The number of piperazine rings is 1.